The molecular formula is C20H19ClN4O. The van der Waals surface area contributed by atoms with Gasteiger partial charge in [-0.2, -0.15) is 0 Å². The topological polar surface area (TPSA) is 57.3 Å². The van der Waals surface area contributed by atoms with Crippen molar-refractivity contribution in [3.63, 3.8) is 0 Å². The Bertz CT molecular complexity index is 910. The van der Waals surface area contributed by atoms with Gasteiger partial charge in [0.1, 0.15) is 0 Å². The van der Waals surface area contributed by atoms with Crippen LogP contribution < -0.4 is 15.5 Å². The Kier molecular flexibility index (Phi) is 5.39. The van der Waals surface area contributed by atoms with Gasteiger partial charge < -0.3 is 15.5 Å². The first-order chi connectivity index (χ1) is 12.5. The van der Waals surface area contributed by atoms with Gasteiger partial charge in [0.2, 0.25) is 0 Å². The first-order valence-corrected chi connectivity index (χ1v) is 8.46. The second-order valence-electron chi connectivity index (χ2n) is 5.96. The van der Waals surface area contributed by atoms with E-state index in [0.717, 1.165) is 17.1 Å². The van der Waals surface area contributed by atoms with Crippen molar-refractivity contribution in [1.82, 2.24) is 4.98 Å². The molecule has 1 aromatic heterocycles. The van der Waals surface area contributed by atoms with Gasteiger partial charge in [-0.15, -0.1) is 0 Å². The predicted octanol–water partition coefficient (Wildman–Crippen LogP) is 4.80. The van der Waals surface area contributed by atoms with Crippen LogP contribution in [-0.4, -0.2) is 25.0 Å². The lowest BCUT2D eigenvalue weighted by atomic mass is 10.2. The molecule has 0 spiro atoms. The van der Waals surface area contributed by atoms with Crippen molar-refractivity contribution < 1.29 is 4.79 Å². The van der Waals surface area contributed by atoms with Crippen LogP contribution >= 0.6 is 11.6 Å². The Hall–Kier alpha value is -3.05. The number of halogens is 1. The second kappa shape index (κ2) is 7.89. The second-order valence-corrected chi connectivity index (χ2v) is 6.37. The third-order valence-corrected chi connectivity index (χ3v) is 4.12. The summed E-state index contributed by atoms with van der Waals surface area (Å²) < 4.78 is 0. The molecule has 3 rings (SSSR count). The first-order valence-electron chi connectivity index (χ1n) is 8.08. The molecule has 0 aliphatic heterocycles. The minimum absolute atomic E-state index is 0.224. The molecule has 2 aromatic carbocycles. The molecule has 0 bridgehead atoms. The molecule has 0 aliphatic carbocycles. The van der Waals surface area contributed by atoms with Crippen molar-refractivity contribution in [1.29, 1.82) is 0 Å². The number of carbonyl (C=O) groups excluding carboxylic acids is 1. The first kappa shape index (κ1) is 17.8. The monoisotopic (exact) mass is 366 g/mol. The van der Waals surface area contributed by atoms with Gasteiger partial charge >= 0.3 is 0 Å². The van der Waals surface area contributed by atoms with Crippen molar-refractivity contribution in [3.8, 4) is 0 Å². The van der Waals surface area contributed by atoms with Gasteiger partial charge in [-0.25, -0.2) is 0 Å². The van der Waals surface area contributed by atoms with Gasteiger partial charge in [0.15, 0.2) is 0 Å². The van der Waals surface area contributed by atoms with E-state index in [1.165, 1.54) is 6.20 Å². The van der Waals surface area contributed by atoms with E-state index in [-0.39, 0.29) is 5.91 Å². The van der Waals surface area contributed by atoms with E-state index < -0.39 is 0 Å². The molecule has 6 heteroatoms. The number of benzene rings is 2. The number of amides is 1. The standard InChI is InChI=1S/C20H19ClN4O/c1-25(2)17-9-7-15(8-10-17)24-20(26)14-11-16(13-22-12-14)23-19-6-4-3-5-18(19)21/h3-13,23H,1-2H3,(H,24,26). The van der Waals surface area contributed by atoms with Crippen molar-refractivity contribution >= 4 is 40.3 Å². The molecule has 0 radical (unpaired) electrons. The van der Waals surface area contributed by atoms with E-state index in [9.17, 15) is 4.79 Å². The van der Waals surface area contributed by atoms with Crippen LogP contribution in [0.4, 0.5) is 22.7 Å². The highest BCUT2D eigenvalue weighted by Gasteiger charge is 2.09. The molecule has 0 atom stereocenters. The molecular weight excluding hydrogens is 348 g/mol. The highest BCUT2D eigenvalue weighted by molar-refractivity contribution is 6.33. The van der Waals surface area contributed by atoms with Gasteiger partial charge in [0, 0.05) is 31.7 Å². The number of nitrogens with one attached hydrogen (secondary N) is 2. The summed E-state index contributed by atoms with van der Waals surface area (Å²) in [4.78, 5) is 18.6. The summed E-state index contributed by atoms with van der Waals surface area (Å²) in [5.41, 5.74) is 3.70. The molecule has 0 unspecified atom stereocenters. The Morgan fingerprint density at radius 1 is 1.00 bits per heavy atom. The maximum Gasteiger partial charge on any atom is 0.257 e. The van der Waals surface area contributed by atoms with E-state index >= 15 is 0 Å². The van der Waals surface area contributed by atoms with Crippen molar-refractivity contribution in [2.24, 2.45) is 0 Å². The Morgan fingerprint density at radius 2 is 1.73 bits per heavy atom. The normalized spacial score (nSPS) is 10.3. The number of para-hydroxylation sites is 1. The van der Waals surface area contributed by atoms with Crippen LogP contribution in [0.2, 0.25) is 5.02 Å². The molecule has 5 nitrogen and oxygen atoms in total. The van der Waals surface area contributed by atoms with Crippen LogP contribution in [0.15, 0.2) is 67.0 Å². The van der Waals surface area contributed by atoms with Crippen LogP contribution in [-0.2, 0) is 0 Å². The van der Waals surface area contributed by atoms with Gasteiger partial charge in [0.05, 0.1) is 28.2 Å². The van der Waals surface area contributed by atoms with Crippen LogP contribution in [0.3, 0.4) is 0 Å². The lowest BCUT2D eigenvalue weighted by Crippen LogP contribution is -2.13. The zero-order chi connectivity index (χ0) is 18.5. The molecule has 0 saturated carbocycles. The van der Waals surface area contributed by atoms with Crippen LogP contribution in [0.25, 0.3) is 0 Å². The van der Waals surface area contributed by atoms with Crippen molar-refractivity contribution in [2.45, 2.75) is 0 Å². The zero-order valence-corrected chi connectivity index (χ0v) is 15.3. The molecule has 3 aromatic rings. The highest BCUT2D eigenvalue weighted by Crippen LogP contribution is 2.25. The van der Waals surface area contributed by atoms with E-state index in [1.54, 1.807) is 18.3 Å². The Balaban J connectivity index is 1.73. The summed E-state index contributed by atoms with van der Waals surface area (Å²) in [6, 6.07) is 16.8. The average molecular weight is 367 g/mol. The Morgan fingerprint density at radius 3 is 2.42 bits per heavy atom. The van der Waals surface area contributed by atoms with E-state index in [1.807, 2.05) is 61.5 Å². The molecule has 132 valence electrons. The molecule has 26 heavy (non-hydrogen) atoms. The predicted molar refractivity (Wildman–Crippen MR) is 108 cm³/mol. The van der Waals surface area contributed by atoms with Crippen molar-refractivity contribution in [2.75, 3.05) is 29.6 Å². The van der Waals surface area contributed by atoms with Gasteiger partial charge in [0.25, 0.3) is 5.91 Å². The van der Waals surface area contributed by atoms with Crippen molar-refractivity contribution in [3.05, 3.63) is 77.6 Å². The van der Waals surface area contributed by atoms with E-state index in [2.05, 4.69) is 15.6 Å². The maximum absolute atomic E-state index is 12.5. The molecule has 0 saturated heterocycles. The fourth-order valence-electron chi connectivity index (χ4n) is 2.40. The number of anilines is 4. The number of hydrogen-bond donors (Lipinski definition) is 2. The number of rotatable bonds is 5. The molecule has 1 heterocycles. The molecule has 0 fully saturated rings. The fourth-order valence-corrected chi connectivity index (χ4v) is 2.58. The zero-order valence-electron chi connectivity index (χ0n) is 14.5. The number of nitrogens with zero attached hydrogens (tertiary/aromatic N) is 2. The lowest BCUT2D eigenvalue weighted by Gasteiger charge is -2.13. The lowest BCUT2D eigenvalue weighted by molar-refractivity contribution is 0.102. The summed E-state index contributed by atoms with van der Waals surface area (Å²) >= 11 is 6.15. The van der Waals surface area contributed by atoms with Crippen LogP contribution in [0.5, 0.6) is 0 Å². The number of aromatic nitrogens is 1. The maximum atomic E-state index is 12.5. The number of carbonyl (C=O) groups is 1. The smallest absolute Gasteiger partial charge is 0.257 e. The highest BCUT2D eigenvalue weighted by atomic mass is 35.5. The Labute approximate surface area is 157 Å². The average Bonchev–Trinajstić information content (AvgIpc) is 2.64. The third-order valence-electron chi connectivity index (χ3n) is 3.79. The fraction of sp³-hybridized carbons (Fsp3) is 0.100. The minimum atomic E-state index is -0.224. The molecule has 2 N–H and O–H groups in total. The van der Waals surface area contributed by atoms with E-state index in [4.69, 9.17) is 11.6 Å². The van der Waals surface area contributed by atoms with Gasteiger partial charge in [-0.3, -0.25) is 9.78 Å². The molecule has 1 amide bonds. The molecule has 0 aliphatic rings. The summed E-state index contributed by atoms with van der Waals surface area (Å²) in [6.07, 6.45) is 3.17. The SMILES string of the molecule is CN(C)c1ccc(NC(=O)c2cncc(Nc3ccccc3Cl)c2)cc1. The number of pyridine rings is 1. The quantitative estimate of drug-likeness (QED) is 0.681. The summed E-state index contributed by atoms with van der Waals surface area (Å²) in [6.45, 7) is 0. The van der Waals surface area contributed by atoms with Gasteiger partial charge in [-0.1, -0.05) is 23.7 Å². The number of hydrogen-bond acceptors (Lipinski definition) is 4. The third kappa shape index (κ3) is 4.32. The largest absolute Gasteiger partial charge is 0.378 e. The van der Waals surface area contributed by atoms with Gasteiger partial charge in [-0.05, 0) is 42.5 Å². The van der Waals surface area contributed by atoms with Crippen LogP contribution in [0, 0.1) is 0 Å². The summed E-state index contributed by atoms with van der Waals surface area (Å²) in [5.74, 6) is -0.224. The van der Waals surface area contributed by atoms with Crippen LogP contribution in [0.1, 0.15) is 10.4 Å². The van der Waals surface area contributed by atoms with E-state index in [0.29, 0.717) is 16.3 Å². The summed E-state index contributed by atoms with van der Waals surface area (Å²) in [7, 11) is 3.94. The summed E-state index contributed by atoms with van der Waals surface area (Å²) in [5, 5.41) is 6.65. The minimum Gasteiger partial charge on any atom is -0.378 e.